The van der Waals surface area contributed by atoms with Crippen molar-refractivity contribution < 1.29 is 4.74 Å². The molecule has 1 aromatic heterocycles. The van der Waals surface area contributed by atoms with Crippen molar-refractivity contribution in [2.75, 3.05) is 4.90 Å². The highest BCUT2D eigenvalue weighted by Gasteiger charge is 2.52. The molecule has 19 rings (SSSR count). The predicted molar refractivity (Wildman–Crippen MR) is 376 cm³/mol. The van der Waals surface area contributed by atoms with Crippen molar-refractivity contribution in [3.05, 3.63) is 384 Å². The molecule has 0 N–H and O–H groups in total. The van der Waals surface area contributed by atoms with E-state index in [9.17, 15) is 0 Å². The third-order valence-electron chi connectivity index (χ3n) is 20.1. The van der Waals surface area contributed by atoms with E-state index in [1.54, 1.807) is 0 Å². The molecule has 15 aromatic carbocycles. The van der Waals surface area contributed by atoms with Gasteiger partial charge in [-0.2, -0.15) is 0 Å². The first-order valence-electron chi connectivity index (χ1n) is 31.6. The van der Waals surface area contributed by atoms with E-state index in [1.165, 1.54) is 83.0 Å². The first-order chi connectivity index (χ1) is 45.1. The fourth-order valence-electron chi connectivity index (χ4n) is 16.3. The summed E-state index contributed by atoms with van der Waals surface area (Å²) >= 11 is 0. The summed E-state index contributed by atoms with van der Waals surface area (Å²) in [6.45, 7) is 0. The van der Waals surface area contributed by atoms with Gasteiger partial charge >= 0.3 is 0 Å². The third-order valence-corrected chi connectivity index (χ3v) is 20.1. The van der Waals surface area contributed by atoms with Gasteiger partial charge in [0, 0.05) is 55.3 Å². The van der Waals surface area contributed by atoms with Gasteiger partial charge in [-0.3, -0.25) is 0 Å². The third kappa shape index (κ3) is 7.32. The monoisotopic (exact) mass is 1160 g/mol. The smallest absolute Gasteiger partial charge is 0.140 e. The van der Waals surface area contributed by atoms with Gasteiger partial charge in [0.15, 0.2) is 0 Å². The summed E-state index contributed by atoms with van der Waals surface area (Å²) in [5.74, 6) is 1.83. The molecule has 3 nitrogen and oxygen atoms in total. The molecule has 0 radical (unpaired) electrons. The van der Waals surface area contributed by atoms with Gasteiger partial charge in [-0.25, -0.2) is 0 Å². The number of nitrogens with zero attached hydrogens (tertiary/aromatic N) is 2. The van der Waals surface area contributed by atoms with Crippen LogP contribution in [0.1, 0.15) is 44.5 Å². The molecule has 1 spiro atoms. The molecule has 2 aliphatic carbocycles. The minimum Gasteiger partial charge on any atom is -0.455 e. The summed E-state index contributed by atoms with van der Waals surface area (Å²) in [6.07, 6.45) is 0. The summed E-state index contributed by atoms with van der Waals surface area (Å²) in [6, 6.07) is 126. The molecular formula is C88H56N2O. The number of rotatable bonds is 8. The van der Waals surface area contributed by atoms with Crippen molar-refractivity contribution in [1.82, 2.24) is 4.57 Å². The maximum Gasteiger partial charge on any atom is 0.140 e. The quantitative estimate of drug-likeness (QED) is 0.151. The van der Waals surface area contributed by atoms with Gasteiger partial charge in [0.25, 0.3) is 0 Å². The zero-order chi connectivity index (χ0) is 59.8. The fourth-order valence-corrected chi connectivity index (χ4v) is 16.3. The van der Waals surface area contributed by atoms with E-state index < -0.39 is 10.8 Å². The predicted octanol–water partition coefficient (Wildman–Crippen LogP) is 22.7. The first kappa shape index (κ1) is 51.3. The summed E-state index contributed by atoms with van der Waals surface area (Å²) in [4.78, 5) is 2.49. The number of hydrogen-bond donors (Lipinski definition) is 0. The molecule has 0 fully saturated rings. The van der Waals surface area contributed by atoms with Crippen LogP contribution in [-0.2, 0) is 10.8 Å². The Labute approximate surface area is 528 Å². The molecule has 0 unspecified atom stereocenters. The highest BCUT2D eigenvalue weighted by atomic mass is 16.5. The number of aromatic nitrogens is 1. The lowest BCUT2D eigenvalue weighted by molar-refractivity contribution is 0.447. The summed E-state index contributed by atoms with van der Waals surface area (Å²) in [5.41, 5.74) is 25.0. The van der Waals surface area contributed by atoms with E-state index in [2.05, 4.69) is 349 Å². The Morgan fingerprint density at radius 2 is 0.747 bits per heavy atom. The van der Waals surface area contributed by atoms with Crippen molar-refractivity contribution in [2.24, 2.45) is 0 Å². The van der Waals surface area contributed by atoms with Gasteiger partial charge in [0.1, 0.15) is 11.5 Å². The molecule has 91 heavy (non-hydrogen) atoms. The van der Waals surface area contributed by atoms with E-state index in [0.717, 1.165) is 83.6 Å². The molecule has 424 valence electrons. The van der Waals surface area contributed by atoms with Crippen molar-refractivity contribution in [3.63, 3.8) is 0 Å². The number of hydrogen-bond acceptors (Lipinski definition) is 2. The maximum atomic E-state index is 7.32. The van der Waals surface area contributed by atoms with Crippen molar-refractivity contribution in [3.8, 4) is 61.7 Å². The zero-order valence-corrected chi connectivity index (χ0v) is 49.6. The van der Waals surface area contributed by atoms with Crippen LogP contribution in [0.25, 0.3) is 93.5 Å². The van der Waals surface area contributed by atoms with Crippen LogP contribution in [-0.4, -0.2) is 4.57 Å². The van der Waals surface area contributed by atoms with Crippen LogP contribution in [0.2, 0.25) is 0 Å². The molecule has 0 saturated heterocycles. The highest BCUT2D eigenvalue weighted by Crippen LogP contribution is 2.65. The second-order valence-corrected chi connectivity index (χ2v) is 24.6. The Bertz CT molecular complexity index is 5490. The van der Waals surface area contributed by atoms with E-state index in [1.807, 2.05) is 0 Å². The van der Waals surface area contributed by atoms with Gasteiger partial charge in [0.2, 0.25) is 0 Å². The Morgan fingerprint density at radius 3 is 1.38 bits per heavy atom. The topological polar surface area (TPSA) is 17.4 Å². The minimum atomic E-state index is -0.659. The van der Waals surface area contributed by atoms with E-state index >= 15 is 0 Å². The summed E-state index contributed by atoms with van der Waals surface area (Å²) < 4.78 is 9.70. The molecule has 3 aliphatic rings. The van der Waals surface area contributed by atoms with Crippen LogP contribution in [0.4, 0.5) is 17.1 Å². The van der Waals surface area contributed by atoms with Gasteiger partial charge in [-0.05, 0) is 150 Å². The van der Waals surface area contributed by atoms with E-state index in [-0.39, 0.29) is 0 Å². The Balaban J connectivity index is 0.789. The van der Waals surface area contributed by atoms with Gasteiger partial charge in [0.05, 0.1) is 27.6 Å². The molecule has 1 aliphatic heterocycles. The number of anilines is 3. The van der Waals surface area contributed by atoms with E-state index in [0.29, 0.717) is 0 Å². The standard InChI is InChI=1S/C88H56N2O/c1-4-23-63(24-5-1)87(64-25-6-2-7-26-64)76-35-18-15-33-73(76)84-77(87)36-20-38-83(84)89(66-47-39-57(40-48-66)61-46-54-82-74(55-61)72-32-16-19-37-81(72)90(82)65-27-8-3-9-28-65)67-49-41-58(42-50-67)62-43-51-71-70-31-14-17-34-75(70)88(80(71)56-62)78-52-44-59-21-10-12-29-68(59)85(78)91-86-69-30-13-11-22-60(69)45-53-79(86)88/h1-56H. The molecule has 16 aromatic rings. The number of benzene rings is 15. The molecule has 0 bridgehead atoms. The average Bonchev–Trinajstić information content (AvgIpc) is 1.59. The Kier molecular flexibility index (Phi) is 11.2. The maximum absolute atomic E-state index is 7.32. The SMILES string of the molecule is c1ccc(-n2c3ccccc3c3cc(-c4ccc(N(c5ccc(-c6ccc7c(c6)C6(c8ccccc8-7)c7ccc8ccccc8c7Oc7c6ccc6ccccc76)cc5)c5cccc6c5-c5ccccc5C6(c5ccccc5)c5ccccc5)cc4)ccc32)cc1. The molecule has 0 atom stereocenters. The van der Waals surface area contributed by atoms with Crippen LogP contribution >= 0.6 is 0 Å². The van der Waals surface area contributed by atoms with Gasteiger partial charge < -0.3 is 14.2 Å². The molecule has 2 heterocycles. The lowest BCUT2D eigenvalue weighted by Gasteiger charge is -2.40. The molecule has 3 heteroatoms. The normalized spacial score (nSPS) is 13.5. The molecule has 0 saturated carbocycles. The number of ether oxygens (including phenoxy) is 1. The average molecular weight is 1160 g/mol. The summed E-state index contributed by atoms with van der Waals surface area (Å²) in [5, 5.41) is 7.00. The molecule has 0 amide bonds. The lowest BCUT2D eigenvalue weighted by atomic mass is 9.65. The Hall–Kier alpha value is -11.8. The highest BCUT2D eigenvalue weighted by molar-refractivity contribution is 6.11. The van der Waals surface area contributed by atoms with Gasteiger partial charge in [-0.15, -0.1) is 0 Å². The number of para-hydroxylation sites is 2. The number of fused-ring (bicyclic) bond motifs is 19. The largest absolute Gasteiger partial charge is 0.455 e. The second kappa shape index (κ2) is 19.9. The van der Waals surface area contributed by atoms with Gasteiger partial charge in [-0.1, -0.05) is 273 Å². The minimum absolute atomic E-state index is 0.567. The van der Waals surface area contributed by atoms with E-state index in [4.69, 9.17) is 4.74 Å². The van der Waals surface area contributed by atoms with Crippen molar-refractivity contribution >= 4 is 60.4 Å². The van der Waals surface area contributed by atoms with Crippen LogP contribution in [0.3, 0.4) is 0 Å². The van der Waals surface area contributed by atoms with Crippen molar-refractivity contribution in [1.29, 1.82) is 0 Å². The molecular weight excluding hydrogens is 1100 g/mol. The second-order valence-electron chi connectivity index (χ2n) is 24.6. The zero-order valence-electron chi connectivity index (χ0n) is 49.6. The van der Waals surface area contributed by atoms with Crippen LogP contribution in [0.15, 0.2) is 340 Å². The van der Waals surface area contributed by atoms with Crippen LogP contribution < -0.4 is 9.64 Å². The van der Waals surface area contributed by atoms with Crippen molar-refractivity contribution in [2.45, 2.75) is 10.8 Å². The lowest BCUT2D eigenvalue weighted by Crippen LogP contribution is -2.32. The first-order valence-corrected chi connectivity index (χ1v) is 31.6. The fraction of sp³-hybridized carbons (Fsp3) is 0.0227. The van der Waals surface area contributed by atoms with Crippen LogP contribution in [0, 0.1) is 0 Å². The van der Waals surface area contributed by atoms with Crippen LogP contribution in [0.5, 0.6) is 11.5 Å². The Morgan fingerprint density at radius 1 is 0.275 bits per heavy atom. The summed E-state index contributed by atoms with van der Waals surface area (Å²) in [7, 11) is 0.